The number of rotatable bonds is 8. The number of amides is 2. The number of halogens is 1. The summed E-state index contributed by atoms with van der Waals surface area (Å²) in [4.78, 5) is 16.6. The van der Waals surface area contributed by atoms with Crippen LogP contribution in [0.2, 0.25) is 5.02 Å². The predicted octanol–water partition coefficient (Wildman–Crippen LogP) is 2.88. The van der Waals surface area contributed by atoms with Crippen LogP contribution in [-0.4, -0.2) is 66.8 Å². The Morgan fingerprint density at radius 2 is 1.87 bits per heavy atom. The van der Waals surface area contributed by atoms with Crippen molar-refractivity contribution in [1.82, 2.24) is 20.4 Å². The summed E-state index contributed by atoms with van der Waals surface area (Å²) in [6, 6.07) is 17.6. The Morgan fingerprint density at radius 1 is 1.17 bits per heavy atom. The van der Waals surface area contributed by atoms with Crippen LogP contribution in [-0.2, 0) is 6.54 Å². The van der Waals surface area contributed by atoms with E-state index in [1.54, 1.807) is 0 Å². The molecule has 0 bridgehead atoms. The van der Waals surface area contributed by atoms with Gasteiger partial charge >= 0.3 is 6.03 Å². The summed E-state index contributed by atoms with van der Waals surface area (Å²) in [5.74, 6) is 0. The highest BCUT2D eigenvalue weighted by atomic mass is 35.5. The maximum absolute atomic E-state index is 12.3. The molecule has 0 aromatic heterocycles. The van der Waals surface area contributed by atoms with Gasteiger partial charge in [-0.2, -0.15) is 0 Å². The molecule has 2 atom stereocenters. The molecule has 1 aliphatic heterocycles. The van der Waals surface area contributed by atoms with Gasteiger partial charge < -0.3 is 20.6 Å². The van der Waals surface area contributed by atoms with Crippen LogP contribution >= 0.6 is 11.6 Å². The van der Waals surface area contributed by atoms with E-state index in [-0.39, 0.29) is 18.6 Å². The Balaban J connectivity index is 1.45. The number of benzene rings is 2. The van der Waals surface area contributed by atoms with E-state index in [2.05, 4.69) is 32.6 Å². The first kappa shape index (κ1) is 22.6. The number of nitrogens with zero attached hydrogens (tertiary/aromatic N) is 2. The molecule has 7 heteroatoms. The van der Waals surface area contributed by atoms with Crippen molar-refractivity contribution in [3.63, 3.8) is 0 Å². The van der Waals surface area contributed by atoms with Crippen LogP contribution in [0.5, 0.6) is 0 Å². The molecule has 6 nitrogen and oxygen atoms in total. The molecule has 3 rings (SSSR count). The lowest BCUT2D eigenvalue weighted by Crippen LogP contribution is -2.48. The molecular formula is C23H31ClN4O2. The molecule has 3 N–H and O–H groups in total. The molecule has 2 aromatic carbocycles. The van der Waals surface area contributed by atoms with E-state index in [4.69, 9.17) is 11.6 Å². The van der Waals surface area contributed by atoms with E-state index in [1.807, 2.05) is 56.6 Å². The van der Waals surface area contributed by atoms with Gasteiger partial charge in [-0.3, -0.25) is 4.90 Å². The molecule has 1 heterocycles. The highest BCUT2D eigenvalue weighted by Crippen LogP contribution is 2.23. The van der Waals surface area contributed by atoms with Gasteiger partial charge in [-0.1, -0.05) is 54.1 Å². The number of likely N-dealkylation sites (N-methyl/N-ethyl adjacent to an activating group) is 1. The first-order valence-corrected chi connectivity index (χ1v) is 10.6. The number of hydrogen-bond acceptors (Lipinski definition) is 4. The van der Waals surface area contributed by atoms with Crippen molar-refractivity contribution in [2.75, 3.05) is 40.3 Å². The number of nitrogens with one attached hydrogen (secondary N) is 2. The van der Waals surface area contributed by atoms with Gasteiger partial charge in [-0.15, -0.1) is 0 Å². The number of urea groups is 1. The number of likely N-dealkylation sites (tertiary alicyclic amines) is 1. The van der Waals surface area contributed by atoms with Crippen molar-refractivity contribution in [2.24, 2.45) is 0 Å². The Kier molecular flexibility index (Phi) is 7.72. The second-order valence-electron chi connectivity index (χ2n) is 8.27. The fraction of sp³-hybridized carbons (Fsp3) is 0.435. The first-order chi connectivity index (χ1) is 14.3. The molecule has 2 unspecified atom stereocenters. The second kappa shape index (κ2) is 10.3. The molecule has 1 fully saturated rings. The standard InChI is InChI=1S/C23H31ClN4O2/c1-27(2)21(19-8-10-20(24)11-9-19)14-25-22(29)26-16-23(30)12-13-28(17-23)15-18-6-4-3-5-7-18/h3-11,21,30H,12-17H2,1-2H3,(H2,25,26,29). The molecule has 0 aliphatic carbocycles. The number of hydrogen-bond donors (Lipinski definition) is 3. The highest BCUT2D eigenvalue weighted by Gasteiger charge is 2.36. The maximum atomic E-state index is 12.3. The van der Waals surface area contributed by atoms with E-state index in [9.17, 15) is 9.90 Å². The molecule has 1 saturated heterocycles. The predicted molar refractivity (Wildman–Crippen MR) is 121 cm³/mol. The second-order valence-corrected chi connectivity index (χ2v) is 8.70. The van der Waals surface area contributed by atoms with Crippen molar-refractivity contribution in [3.05, 3.63) is 70.7 Å². The van der Waals surface area contributed by atoms with Crippen LogP contribution in [0.3, 0.4) is 0 Å². The molecule has 0 radical (unpaired) electrons. The number of β-amino-alcohol motifs (C(OH)–C–C–N with tert-alkyl or cyclic N) is 1. The number of carbonyl (C=O) groups is 1. The normalized spacial score (nSPS) is 20.3. The van der Waals surface area contributed by atoms with Gasteiger partial charge in [0.15, 0.2) is 0 Å². The minimum atomic E-state index is -0.900. The summed E-state index contributed by atoms with van der Waals surface area (Å²) < 4.78 is 0. The van der Waals surface area contributed by atoms with Gasteiger partial charge in [0.1, 0.15) is 0 Å². The Bertz CT molecular complexity index is 816. The van der Waals surface area contributed by atoms with Gasteiger partial charge in [0, 0.05) is 37.7 Å². The molecule has 2 amide bonds. The van der Waals surface area contributed by atoms with Gasteiger partial charge in [0.05, 0.1) is 11.6 Å². The fourth-order valence-corrected chi connectivity index (χ4v) is 3.97. The number of carbonyl (C=O) groups excluding carboxylic acids is 1. The van der Waals surface area contributed by atoms with E-state index >= 15 is 0 Å². The SMILES string of the molecule is CN(C)C(CNC(=O)NCC1(O)CCN(Cc2ccccc2)C1)c1ccc(Cl)cc1. The van der Waals surface area contributed by atoms with Gasteiger partial charge in [-0.05, 0) is 43.8 Å². The van der Waals surface area contributed by atoms with Crippen LogP contribution in [0.25, 0.3) is 0 Å². The van der Waals surface area contributed by atoms with Crippen molar-refractivity contribution in [3.8, 4) is 0 Å². The van der Waals surface area contributed by atoms with Crippen LogP contribution in [0.1, 0.15) is 23.6 Å². The van der Waals surface area contributed by atoms with Crippen molar-refractivity contribution >= 4 is 17.6 Å². The molecule has 0 saturated carbocycles. The average Bonchev–Trinajstić information content (AvgIpc) is 3.09. The Morgan fingerprint density at radius 3 is 2.53 bits per heavy atom. The maximum Gasteiger partial charge on any atom is 0.314 e. The van der Waals surface area contributed by atoms with Gasteiger partial charge in [-0.25, -0.2) is 4.79 Å². The molecule has 0 spiro atoms. The highest BCUT2D eigenvalue weighted by molar-refractivity contribution is 6.30. The topological polar surface area (TPSA) is 67.8 Å². The third-order valence-corrected chi connectivity index (χ3v) is 5.82. The molecule has 1 aliphatic rings. The first-order valence-electron chi connectivity index (χ1n) is 10.3. The van der Waals surface area contributed by atoms with Crippen molar-refractivity contribution in [1.29, 1.82) is 0 Å². The van der Waals surface area contributed by atoms with Crippen LogP contribution in [0.15, 0.2) is 54.6 Å². The van der Waals surface area contributed by atoms with E-state index < -0.39 is 5.60 Å². The lowest BCUT2D eigenvalue weighted by molar-refractivity contribution is 0.0506. The van der Waals surface area contributed by atoms with Crippen LogP contribution < -0.4 is 10.6 Å². The summed E-state index contributed by atoms with van der Waals surface area (Å²) in [5, 5.41) is 17.3. The lowest BCUT2D eigenvalue weighted by atomic mass is 10.0. The van der Waals surface area contributed by atoms with Crippen LogP contribution in [0, 0.1) is 0 Å². The largest absolute Gasteiger partial charge is 0.387 e. The minimum absolute atomic E-state index is 0.0314. The third kappa shape index (κ3) is 6.44. The zero-order valence-electron chi connectivity index (χ0n) is 17.6. The smallest absolute Gasteiger partial charge is 0.314 e. The summed E-state index contributed by atoms with van der Waals surface area (Å²) in [7, 11) is 3.95. The van der Waals surface area contributed by atoms with Gasteiger partial charge in [0.25, 0.3) is 0 Å². The van der Waals surface area contributed by atoms with E-state index in [1.165, 1.54) is 5.56 Å². The van der Waals surface area contributed by atoms with Crippen molar-refractivity contribution < 1.29 is 9.90 Å². The monoisotopic (exact) mass is 430 g/mol. The zero-order chi connectivity index (χ0) is 21.6. The fourth-order valence-electron chi connectivity index (χ4n) is 3.84. The molecule has 162 valence electrons. The summed E-state index contributed by atoms with van der Waals surface area (Å²) >= 11 is 5.98. The Labute approximate surface area is 183 Å². The molecular weight excluding hydrogens is 400 g/mol. The molecule has 30 heavy (non-hydrogen) atoms. The third-order valence-electron chi connectivity index (χ3n) is 5.57. The molecule has 2 aromatic rings. The van der Waals surface area contributed by atoms with E-state index in [0.717, 1.165) is 18.7 Å². The van der Waals surface area contributed by atoms with Crippen molar-refractivity contribution in [2.45, 2.75) is 24.6 Å². The number of aliphatic hydroxyl groups is 1. The average molecular weight is 431 g/mol. The minimum Gasteiger partial charge on any atom is -0.387 e. The Hall–Kier alpha value is -2.12. The van der Waals surface area contributed by atoms with E-state index in [0.29, 0.717) is 24.5 Å². The quantitative estimate of drug-likeness (QED) is 0.602. The summed E-state index contributed by atoms with van der Waals surface area (Å²) in [6.45, 7) is 2.86. The van der Waals surface area contributed by atoms with Crippen LogP contribution in [0.4, 0.5) is 4.79 Å². The summed E-state index contributed by atoms with van der Waals surface area (Å²) in [6.07, 6.45) is 0.644. The summed E-state index contributed by atoms with van der Waals surface area (Å²) in [5.41, 5.74) is 1.41. The van der Waals surface area contributed by atoms with Gasteiger partial charge in [0.2, 0.25) is 0 Å². The lowest BCUT2D eigenvalue weighted by Gasteiger charge is -2.26. The zero-order valence-corrected chi connectivity index (χ0v) is 18.4.